The van der Waals surface area contributed by atoms with E-state index in [9.17, 15) is 9.18 Å². The van der Waals surface area contributed by atoms with E-state index in [-0.39, 0.29) is 24.8 Å². The van der Waals surface area contributed by atoms with Gasteiger partial charge in [0.2, 0.25) is 11.8 Å². The molecule has 1 aliphatic rings. The topological polar surface area (TPSA) is 78.6 Å². The third-order valence-electron chi connectivity index (χ3n) is 4.58. The van der Waals surface area contributed by atoms with Gasteiger partial charge in [-0.3, -0.25) is 4.79 Å². The van der Waals surface area contributed by atoms with Crippen LogP contribution in [-0.4, -0.2) is 28.7 Å². The molecule has 0 saturated carbocycles. The number of nitrogens with zero attached hydrogens (tertiary/aromatic N) is 4. The van der Waals surface area contributed by atoms with Crippen molar-refractivity contribution in [1.82, 2.24) is 9.99 Å². The fourth-order valence-corrected chi connectivity index (χ4v) is 2.99. The van der Waals surface area contributed by atoms with E-state index in [1.54, 1.807) is 24.4 Å². The third-order valence-corrected chi connectivity index (χ3v) is 4.58. The molecule has 0 fully saturated rings. The molecule has 148 valence electrons. The first-order valence-electron chi connectivity index (χ1n) is 9.24. The van der Waals surface area contributed by atoms with Crippen molar-refractivity contribution in [3.63, 3.8) is 0 Å². The quantitative estimate of drug-likeness (QED) is 0.665. The summed E-state index contributed by atoms with van der Waals surface area (Å²) in [5.41, 5.74) is 2.48. The number of hydrazone groups is 1. The van der Waals surface area contributed by atoms with Crippen LogP contribution >= 0.6 is 0 Å². The van der Waals surface area contributed by atoms with Crippen LogP contribution in [0.15, 0.2) is 53.8 Å². The van der Waals surface area contributed by atoms with Gasteiger partial charge in [0, 0.05) is 36.9 Å². The highest BCUT2D eigenvalue weighted by atomic mass is 19.1. The highest BCUT2D eigenvalue weighted by Gasteiger charge is 2.29. The van der Waals surface area contributed by atoms with E-state index in [0.717, 1.165) is 11.1 Å². The summed E-state index contributed by atoms with van der Waals surface area (Å²) >= 11 is 0. The van der Waals surface area contributed by atoms with Gasteiger partial charge in [-0.1, -0.05) is 18.7 Å². The van der Waals surface area contributed by atoms with Crippen LogP contribution in [0.2, 0.25) is 0 Å². The van der Waals surface area contributed by atoms with Crippen molar-refractivity contribution < 1.29 is 13.9 Å². The van der Waals surface area contributed by atoms with Crippen LogP contribution in [0.25, 0.3) is 0 Å². The number of carbonyl (C=O) groups excluding carboxylic acids is 1. The van der Waals surface area contributed by atoms with Crippen molar-refractivity contribution >= 4 is 12.1 Å². The van der Waals surface area contributed by atoms with Gasteiger partial charge in [-0.05, 0) is 36.6 Å². The predicted molar refractivity (Wildman–Crippen MR) is 107 cm³/mol. The first-order valence-corrected chi connectivity index (χ1v) is 9.24. The third kappa shape index (κ3) is 5.05. The average Bonchev–Trinajstić information content (AvgIpc) is 3.20. The number of nitriles is 1. The van der Waals surface area contributed by atoms with Gasteiger partial charge in [0.1, 0.15) is 18.5 Å². The summed E-state index contributed by atoms with van der Waals surface area (Å²) in [4.78, 5) is 16.6. The van der Waals surface area contributed by atoms with Gasteiger partial charge in [0.05, 0.1) is 11.6 Å². The maximum Gasteiger partial charge on any atom is 0.243 e. The second kappa shape index (κ2) is 9.11. The average molecular weight is 392 g/mol. The van der Waals surface area contributed by atoms with Crippen LogP contribution < -0.4 is 4.74 Å². The lowest BCUT2D eigenvalue weighted by Crippen LogP contribution is -2.27. The van der Waals surface area contributed by atoms with E-state index < -0.39 is 6.04 Å². The molecule has 3 rings (SSSR count). The number of hydrogen-bond donors (Lipinski definition) is 0. The molecule has 7 heteroatoms. The van der Waals surface area contributed by atoms with Crippen molar-refractivity contribution in [3.05, 3.63) is 71.2 Å². The summed E-state index contributed by atoms with van der Waals surface area (Å²) in [5.74, 6) is -0.136. The van der Waals surface area contributed by atoms with Gasteiger partial charge in [0.25, 0.3) is 0 Å². The largest absolute Gasteiger partial charge is 0.473 e. The Labute approximate surface area is 168 Å². The molecule has 0 spiro atoms. The molecule has 1 aliphatic heterocycles. The normalized spacial score (nSPS) is 15.2. The van der Waals surface area contributed by atoms with Gasteiger partial charge < -0.3 is 4.74 Å². The van der Waals surface area contributed by atoms with E-state index in [1.165, 1.54) is 17.3 Å². The van der Waals surface area contributed by atoms with Gasteiger partial charge in [-0.15, -0.1) is 0 Å². The molecule has 0 saturated heterocycles. The smallest absolute Gasteiger partial charge is 0.243 e. The number of amides is 1. The standard InChI is InChI=1S/C22H21FN4O2/c1-15-3-6-18(19(23)11-15)20-9-10-26-27(20)22(28)8-4-16(2)14-29-21-7-5-17(12-24)13-25-21/h3,5-7,10-11,13,20H,2,4,8-9,14H2,1H3. The molecule has 1 amide bonds. The SMILES string of the molecule is C=C(CCC(=O)N1N=CCC1c1ccc(C)cc1F)COc1ccc(C#N)cn1. The lowest BCUT2D eigenvalue weighted by atomic mass is 10.0. The molecule has 0 radical (unpaired) electrons. The summed E-state index contributed by atoms with van der Waals surface area (Å²) in [6.45, 7) is 5.96. The Kier molecular flexibility index (Phi) is 6.35. The lowest BCUT2D eigenvalue weighted by Gasteiger charge is -2.23. The zero-order chi connectivity index (χ0) is 20.8. The van der Waals surface area contributed by atoms with E-state index in [1.807, 2.05) is 19.1 Å². The Morgan fingerprint density at radius 3 is 2.90 bits per heavy atom. The molecule has 1 atom stereocenters. The minimum Gasteiger partial charge on any atom is -0.473 e. The summed E-state index contributed by atoms with van der Waals surface area (Å²) < 4.78 is 19.8. The van der Waals surface area contributed by atoms with E-state index in [4.69, 9.17) is 10.00 Å². The molecular formula is C22H21FN4O2. The molecule has 1 unspecified atom stereocenters. The maximum absolute atomic E-state index is 14.3. The minimum atomic E-state index is -0.421. The number of hydrogen-bond acceptors (Lipinski definition) is 5. The number of benzene rings is 1. The molecule has 6 nitrogen and oxygen atoms in total. The van der Waals surface area contributed by atoms with Crippen LogP contribution in [-0.2, 0) is 4.79 Å². The fraction of sp³-hybridized carbons (Fsp3) is 0.273. The first kappa shape index (κ1) is 20.2. The molecule has 0 bridgehead atoms. The summed E-state index contributed by atoms with van der Waals surface area (Å²) in [6.07, 6.45) is 4.17. The highest BCUT2D eigenvalue weighted by Crippen LogP contribution is 2.31. The summed E-state index contributed by atoms with van der Waals surface area (Å²) in [5, 5.41) is 14.3. The van der Waals surface area contributed by atoms with Crippen molar-refractivity contribution in [1.29, 1.82) is 5.26 Å². The predicted octanol–water partition coefficient (Wildman–Crippen LogP) is 4.08. The van der Waals surface area contributed by atoms with Crippen LogP contribution in [0.4, 0.5) is 4.39 Å². The van der Waals surface area contributed by atoms with E-state index >= 15 is 0 Å². The van der Waals surface area contributed by atoms with Crippen molar-refractivity contribution in [2.75, 3.05) is 6.61 Å². The Balaban J connectivity index is 1.51. The number of aromatic nitrogens is 1. The van der Waals surface area contributed by atoms with Crippen LogP contribution in [0.5, 0.6) is 5.88 Å². The molecule has 2 aromatic rings. The van der Waals surface area contributed by atoms with Gasteiger partial charge >= 0.3 is 0 Å². The zero-order valence-corrected chi connectivity index (χ0v) is 16.1. The Morgan fingerprint density at radius 2 is 2.21 bits per heavy atom. The number of pyridine rings is 1. The fourth-order valence-electron chi connectivity index (χ4n) is 2.99. The number of aryl methyl sites for hydroxylation is 1. The first-order chi connectivity index (χ1) is 14.0. The maximum atomic E-state index is 14.3. The summed E-state index contributed by atoms with van der Waals surface area (Å²) in [7, 11) is 0. The molecule has 29 heavy (non-hydrogen) atoms. The number of ether oxygens (including phenoxy) is 1. The lowest BCUT2D eigenvalue weighted by molar-refractivity contribution is -0.133. The van der Waals surface area contributed by atoms with Gasteiger partial charge in [-0.25, -0.2) is 14.4 Å². The molecule has 1 aromatic carbocycles. The van der Waals surface area contributed by atoms with Crippen LogP contribution in [0.1, 0.15) is 42.0 Å². The van der Waals surface area contributed by atoms with Crippen molar-refractivity contribution in [2.45, 2.75) is 32.2 Å². The van der Waals surface area contributed by atoms with Gasteiger partial charge in [-0.2, -0.15) is 10.4 Å². The monoisotopic (exact) mass is 392 g/mol. The number of carbonyl (C=O) groups is 1. The van der Waals surface area contributed by atoms with Crippen LogP contribution in [0, 0.1) is 24.1 Å². The minimum absolute atomic E-state index is 0.193. The van der Waals surface area contributed by atoms with E-state index in [2.05, 4.69) is 16.7 Å². The molecular weight excluding hydrogens is 371 g/mol. The van der Waals surface area contributed by atoms with Crippen LogP contribution in [0.3, 0.4) is 0 Å². The van der Waals surface area contributed by atoms with Crippen molar-refractivity contribution in [2.24, 2.45) is 5.10 Å². The second-order valence-electron chi connectivity index (χ2n) is 6.85. The van der Waals surface area contributed by atoms with Gasteiger partial charge in [0.15, 0.2) is 0 Å². The zero-order valence-electron chi connectivity index (χ0n) is 16.1. The molecule has 0 N–H and O–H groups in total. The Bertz CT molecular complexity index is 979. The summed E-state index contributed by atoms with van der Waals surface area (Å²) in [6, 6.07) is 9.79. The number of rotatable bonds is 7. The Morgan fingerprint density at radius 1 is 1.38 bits per heavy atom. The second-order valence-corrected chi connectivity index (χ2v) is 6.85. The Hall–Kier alpha value is -3.53. The molecule has 1 aromatic heterocycles. The molecule has 2 heterocycles. The van der Waals surface area contributed by atoms with E-state index in [0.29, 0.717) is 29.8 Å². The molecule has 0 aliphatic carbocycles. The number of halogens is 1. The highest BCUT2D eigenvalue weighted by molar-refractivity contribution is 5.80. The van der Waals surface area contributed by atoms with Crippen molar-refractivity contribution in [3.8, 4) is 11.9 Å².